The molecule has 0 aromatic heterocycles. The molecule has 2 aliphatic rings. The van der Waals surface area contributed by atoms with Crippen LogP contribution in [-0.4, -0.2) is 17.7 Å². The molecule has 108 valence electrons. The number of hydrogen-bond acceptors (Lipinski definition) is 2. The summed E-state index contributed by atoms with van der Waals surface area (Å²) in [6, 6.07) is 0.811. The Hall–Kier alpha value is -1.65. The van der Waals surface area contributed by atoms with Crippen LogP contribution < -0.4 is 4.74 Å². The standard InChI is InChI=1S/C15H16F2O3/c16-10-8-11(17)12(13-9(10)4-3-7-20-13)15(14(18)19)5-1-2-6-15/h8H,1-7H2,(H,18,19). The lowest BCUT2D eigenvalue weighted by Crippen LogP contribution is -2.35. The number of carboxylic acids is 1. The molecule has 1 aliphatic carbocycles. The van der Waals surface area contributed by atoms with E-state index in [1.54, 1.807) is 0 Å². The average molecular weight is 282 g/mol. The minimum atomic E-state index is -1.26. The summed E-state index contributed by atoms with van der Waals surface area (Å²) in [4.78, 5) is 11.7. The molecule has 1 N–H and O–H groups in total. The molecule has 3 nitrogen and oxygen atoms in total. The zero-order valence-electron chi connectivity index (χ0n) is 11.0. The number of carboxylic acid groups (broad SMARTS) is 1. The van der Waals surface area contributed by atoms with Gasteiger partial charge in [-0.3, -0.25) is 4.79 Å². The molecule has 1 fully saturated rings. The maximum atomic E-state index is 14.3. The van der Waals surface area contributed by atoms with Crippen LogP contribution in [0.3, 0.4) is 0 Å². The molecule has 5 heteroatoms. The second kappa shape index (κ2) is 4.72. The van der Waals surface area contributed by atoms with Crippen LogP contribution in [0.4, 0.5) is 8.78 Å². The summed E-state index contributed by atoms with van der Waals surface area (Å²) in [6.07, 6.45) is 3.34. The Bertz CT molecular complexity index is 563. The van der Waals surface area contributed by atoms with Gasteiger partial charge in [-0.2, -0.15) is 0 Å². The van der Waals surface area contributed by atoms with Crippen LogP contribution in [0.15, 0.2) is 6.07 Å². The Kier molecular flexibility index (Phi) is 3.15. The van der Waals surface area contributed by atoms with Crippen molar-refractivity contribution < 1.29 is 23.4 Å². The number of benzene rings is 1. The quantitative estimate of drug-likeness (QED) is 0.906. The molecule has 0 radical (unpaired) electrons. The Morgan fingerprint density at radius 1 is 1.20 bits per heavy atom. The number of ether oxygens (including phenoxy) is 1. The monoisotopic (exact) mass is 282 g/mol. The normalized spacial score (nSPS) is 20.3. The Balaban J connectivity index is 2.25. The number of halogens is 2. The first-order chi connectivity index (χ1) is 9.56. The van der Waals surface area contributed by atoms with Gasteiger partial charge >= 0.3 is 5.97 Å². The zero-order valence-corrected chi connectivity index (χ0v) is 11.0. The third-order valence-electron chi connectivity index (χ3n) is 4.44. The molecule has 0 saturated heterocycles. The number of aliphatic carboxylic acids is 1. The van der Waals surface area contributed by atoms with Gasteiger partial charge < -0.3 is 9.84 Å². The summed E-state index contributed by atoms with van der Waals surface area (Å²) in [5.41, 5.74) is -0.891. The molecule has 0 amide bonds. The average Bonchev–Trinajstić information content (AvgIpc) is 2.89. The van der Waals surface area contributed by atoms with E-state index < -0.39 is 23.0 Å². The minimum Gasteiger partial charge on any atom is -0.493 e. The highest BCUT2D eigenvalue weighted by Crippen LogP contribution is 2.48. The predicted molar refractivity (Wildman–Crippen MR) is 68.0 cm³/mol. The van der Waals surface area contributed by atoms with Gasteiger partial charge in [0.05, 0.1) is 12.0 Å². The summed E-state index contributed by atoms with van der Waals surface area (Å²) < 4.78 is 33.6. The van der Waals surface area contributed by atoms with E-state index >= 15 is 0 Å². The first-order valence-corrected chi connectivity index (χ1v) is 6.94. The van der Waals surface area contributed by atoms with E-state index in [1.165, 1.54) is 0 Å². The Morgan fingerprint density at radius 3 is 2.55 bits per heavy atom. The number of rotatable bonds is 2. The number of hydrogen-bond donors (Lipinski definition) is 1. The molecule has 1 aromatic carbocycles. The van der Waals surface area contributed by atoms with E-state index in [0.717, 1.165) is 18.9 Å². The summed E-state index contributed by atoms with van der Waals surface area (Å²) >= 11 is 0. The number of carbonyl (C=O) groups is 1. The highest BCUT2D eigenvalue weighted by Gasteiger charge is 2.48. The van der Waals surface area contributed by atoms with Gasteiger partial charge in [0.2, 0.25) is 0 Å². The molecule has 1 aliphatic heterocycles. The molecule has 0 atom stereocenters. The van der Waals surface area contributed by atoms with Gasteiger partial charge in [0, 0.05) is 17.2 Å². The summed E-state index contributed by atoms with van der Waals surface area (Å²) in [7, 11) is 0. The summed E-state index contributed by atoms with van der Waals surface area (Å²) in [6.45, 7) is 0.374. The lowest BCUT2D eigenvalue weighted by molar-refractivity contribution is -0.143. The van der Waals surface area contributed by atoms with Crippen molar-refractivity contribution in [2.45, 2.75) is 43.9 Å². The van der Waals surface area contributed by atoms with E-state index in [2.05, 4.69) is 0 Å². The molecule has 1 heterocycles. The van der Waals surface area contributed by atoms with Gasteiger partial charge in [0.1, 0.15) is 17.4 Å². The minimum absolute atomic E-state index is 0.0543. The van der Waals surface area contributed by atoms with Crippen molar-refractivity contribution in [1.29, 1.82) is 0 Å². The van der Waals surface area contributed by atoms with Crippen LogP contribution in [-0.2, 0) is 16.6 Å². The second-order valence-corrected chi connectivity index (χ2v) is 5.57. The predicted octanol–water partition coefficient (Wildman–Crippen LogP) is 3.19. The zero-order chi connectivity index (χ0) is 14.3. The van der Waals surface area contributed by atoms with E-state index in [-0.39, 0.29) is 11.3 Å². The fraction of sp³-hybridized carbons (Fsp3) is 0.533. The molecule has 0 spiro atoms. The van der Waals surface area contributed by atoms with Crippen molar-refractivity contribution in [3.8, 4) is 5.75 Å². The van der Waals surface area contributed by atoms with E-state index in [1.807, 2.05) is 0 Å². The first-order valence-electron chi connectivity index (χ1n) is 6.94. The SMILES string of the molecule is O=C(O)C1(c2c(F)cc(F)c3c2OCCC3)CCCC1. The maximum absolute atomic E-state index is 14.3. The van der Waals surface area contributed by atoms with Gasteiger partial charge in [-0.25, -0.2) is 8.78 Å². The van der Waals surface area contributed by atoms with Crippen LogP contribution in [0, 0.1) is 11.6 Å². The molecular formula is C15H16F2O3. The van der Waals surface area contributed by atoms with Gasteiger partial charge in [0.25, 0.3) is 0 Å². The van der Waals surface area contributed by atoms with Crippen LogP contribution in [0.5, 0.6) is 5.75 Å². The molecule has 3 rings (SSSR count). The maximum Gasteiger partial charge on any atom is 0.314 e. The van der Waals surface area contributed by atoms with Gasteiger partial charge in [-0.15, -0.1) is 0 Å². The Labute approximate surface area is 115 Å². The van der Waals surface area contributed by atoms with Crippen molar-refractivity contribution in [1.82, 2.24) is 0 Å². The summed E-state index contributed by atoms with van der Waals surface area (Å²) in [5, 5.41) is 9.60. The molecule has 20 heavy (non-hydrogen) atoms. The molecule has 0 unspecified atom stereocenters. The molecule has 1 aromatic rings. The largest absolute Gasteiger partial charge is 0.493 e. The van der Waals surface area contributed by atoms with Crippen molar-refractivity contribution in [3.63, 3.8) is 0 Å². The third kappa shape index (κ3) is 1.79. The van der Waals surface area contributed by atoms with Crippen LogP contribution in [0.25, 0.3) is 0 Å². The van der Waals surface area contributed by atoms with Crippen molar-refractivity contribution in [3.05, 3.63) is 28.8 Å². The second-order valence-electron chi connectivity index (χ2n) is 5.57. The van der Waals surface area contributed by atoms with Crippen LogP contribution in [0.2, 0.25) is 0 Å². The Morgan fingerprint density at radius 2 is 1.90 bits per heavy atom. The van der Waals surface area contributed by atoms with Gasteiger partial charge in [-0.05, 0) is 25.7 Å². The third-order valence-corrected chi connectivity index (χ3v) is 4.44. The molecule has 0 bridgehead atoms. The van der Waals surface area contributed by atoms with Crippen LogP contribution in [0.1, 0.15) is 43.2 Å². The fourth-order valence-electron chi connectivity index (χ4n) is 3.45. The number of fused-ring (bicyclic) bond motifs is 1. The first kappa shape index (κ1) is 13.3. The van der Waals surface area contributed by atoms with E-state index in [4.69, 9.17) is 4.74 Å². The molecular weight excluding hydrogens is 266 g/mol. The highest BCUT2D eigenvalue weighted by atomic mass is 19.1. The van der Waals surface area contributed by atoms with Gasteiger partial charge in [-0.1, -0.05) is 12.8 Å². The molecule has 1 saturated carbocycles. The topological polar surface area (TPSA) is 46.5 Å². The van der Waals surface area contributed by atoms with Crippen molar-refractivity contribution in [2.75, 3.05) is 6.61 Å². The highest BCUT2D eigenvalue weighted by molar-refractivity contribution is 5.83. The lowest BCUT2D eigenvalue weighted by Gasteiger charge is -2.30. The summed E-state index contributed by atoms with van der Waals surface area (Å²) in [5.74, 6) is -2.35. The van der Waals surface area contributed by atoms with Crippen molar-refractivity contribution in [2.24, 2.45) is 0 Å². The fourth-order valence-corrected chi connectivity index (χ4v) is 3.45. The van der Waals surface area contributed by atoms with Gasteiger partial charge in [0.15, 0.2) is 0 Å². The van der Waals surface area contributed by atoms with Crippen LogP contribution >= 0.6 is 0 Å². The van der Waals surface area contributed by atoms with E-state index in [0.29, 0.717) is 37.9 Å². The smallest absolute Gasteiger partial charge is 0.314 e. The van der Waals surface area contributed by atoms with Crippen molar-refractivity contribution >= 4 is 5.97 Å². The lowest BCUT2D eigenvalue weighted by atomic mass is 9.76. The van der Waals surface area contributed by atoms with E-state index in [9.17, 15) is 18.7 Å².